The van der Waals surface area contributed by atoms with Crippen molar-refractivity contribution < 1.29 is 14.7 Å². The minimum Gasteiger partial charge on any atom is -0.394 e. The maximum Gasteiger partial charge on any atom is 0.270 e. The number of aromatic amines is 1. The van der Waals surface area contributed by atoms with E-state index in [2.05, 4.69) is 4.98 Å². The van der Waals surface area contributed by atoms with Crippen LogP contribution >= 0.6 is 0 Å². The Morgan fingerprint density at radius 2 is 2.06 bits per heavy atom. The number of likely N-dealkylation sites (N-methyl/N-ethyl adjacent to an activating group) is 1. The van der Waals surface area contributed by atoms with Gasteiger partial charge in [0.2, 0.25) is 0 Å². The van der Waals surface area contributed by atoms with Crippen molar-refractivity contribution in [3.8, 4) is 0 Å². The maximum absolute atomic E-state index is 12.1. The highest BCUT2D eigenvalue weighted by Gasteiger charge is 2.28. The summed E-state index contributed by atoms with van der Waals surface area (Å²) in [6, 6.07) is 1.52. The summed E-state index contributed by atoms with van der Waals surface area (Å²) in [4.78, 5) is 27.4. The predicted octanol–water partition coefficient (Wildman–Crippen LogP) is 1.06. The number of H-pyrrole nitrogens is 1. The third-order valence-electron chi connectivity index (χ3n) is 2.92. The molecule has 0 bridgehead atoms. The molecule has 0 aliphatic heterocycles. The normalized spacial score (nSPS) is 11.4. The van der Waals surface area contributed by atoms with Crippen LogP contribution in [0, 0.1) is 0 Å². The van der Waals surface area contributed by atoms with E-state index in [1.54, 1.807) is 20.9 Å². The number of aromatic nitrogens is 1. The molecule has 0 spiro atoms. The van der Waals surface area contributed by atoms with Gasteiger partial charge in [0.25, 0.3) is 5.91 Å². The Labute approximate surface area is 100 Å². The fraction of sp³-hybridized carbons (Fsp3) is 0.500. The van der Waals surface area contributed by atoms with E-state index < -0.39 is 5.54 Å². The lowest BCUT2D eigenvalue weighted by molar-refractivity contribution is 0.0468. The second-order valence-electron chi connectivity index (χ2n) is 4.69. The number of hydrogen-bond acceptors (Lipinski definition) is 3. The Morgan fingerprint density at radius 3 is 2.47 bits per heavy atom. The van der Waals surface area contributed by atoms with E-state index in [1.165, 1.54) is 24.1 Å². The monoisotopic (exact) mass is 238 g/mol. The predicted molar refractivity (Wildman–Crippen MR) is 64.1 cm³/mol. The summed E-state index contributed by atoms with van der Waals surface area (Å²) in [5.74, 6) is -0.346. The summed E-state index contributed by atoms with van der Waals surface area (Å²) >= 11 is 0. The number of carbonyl (C=O) groups is 2. The highest BCUT2D eigenvalue weighted by molar-refractivity contribution is 5.99. The molecule has 5 nitrogen and oxygen atoms in total. The molecule has 17 heavy (non-hydrogen) atoms. The van der Waals surface area contributed by atoms with Crippen LogP contribution in [0.3, 0.4) is 0 Å². The number of Topliss-reactive ketones (excluding diaryl/α,β-unsaturated/α-hetero) is 1. The summed E-state index contributed by atoms with van der Waals surface area (Å²) in [6.45, 7) is 4.84. The molecule has 0 aliphatic rings. The third kappa shape index (κ3) is 2.74. The number of aliphatic hydroxyl groups is 1. The van der Waals surface area contributed by atoms with Gasteiger partial charge in [0.15, 0.2) is 5.78 Å². The number of carbonyl (C=O) groups excluding carboxylic acids is 2. The van der Waals surface area contributed by atoms with E-state index in [1.807, 2.05) is 0 Å². The van der Waals surface area contributed by atoms with Crippen LogP contribution in [0.15, 0.2) is 12.3 Å². The summed E-state index contributed by atoms with van der Waals surface area (Å²) in [7, 11) is 1.62. The van der Waals surface area contributed by atoms with Gasteiger partial charge in [-0.25, -0.2) is 0 Å². The minimum atomic E-state index is -0.640. The van der Waals surface area contributed by atoms with Crippen molar-refractivity contribution in [3.05, 3.63) is 23.5 Å². The quantitative estimate of drug-likeness (QED) is 0.770. The molecule has 0 unspecified atom stereocenters. The Balaban J connectivity index is 2.93. The van der Waals surface area contributed by atoms with Crippen LogP contribution in [0.1, 0.15) is 41.6 Å². The van der Waals surface area contributed by atoms with Crippen molar-refractivity contribution >= 4 is 11.7 Å². The van der Waals surface area contributed by atoms with E-state index in [9.17, 15) is 14.7 Å². The highest BCUT2D eigenvalue weighted by atomic mass is 16.3. The molecule has 1 rings (SSSR count). The molecule has 0 atom stereocenters. The van der Waals surface area contributed by atoms with Crippen LogP contribution in [-0.4, -0.2) is 45.9 Å². The van der Waals surface area contributed by atoms with Gasteiger partial charge in [-0.3, -0.25) is 9.59 Å². The smallest absolute Gasteiger partial charge is 0.270 e. The summed E-state index contributed by atoms with van der Waals surface area (Å²) in [5.41, 5.74) is 0.182. The van der Waals surface area contributed by atoms with Gasteiger partial charge < -0.3 is 15.0 Å². The van der Waals surface area contributed by atoms with Crippen LogP contribution in [0.25, 0.3) is 0 Å². The van der Waals surface area contributed by atoms with E-state index >= 15 is 0 Å². The fourth-order valence-corrected chi connectivity index (χ4v) is 1.28. The van der Waals surface area contributed by atoms with Gasteiger partial charge in [0.1, 0.15) is 5.69 Å². The molecular formula is C12H18N2O3. The van der Waals surface area contributed by atoms with Gasteiger partial charge in [-0.05, 0) is 26.8 Å². The molecule has 0 aliphatic carbocycles. The van der Waals surface area contributed by atoms with E-state index in [0.29, 0.717) is 11.3 Å². The van der Waals surface area contributed by atoms with Gasteiger partial charge in [-0.15, -0.1) is 0 Å². The lowest BCUT2D eigenvalue weighted by Crippen LogP contribution is -2.47. The maximum atomic E-state index is 12.1. The largest absolute Gasteiger partial charge is 0.394 e. The molecule has 0 aromatic carbocycles. The van der Waals surface area contributed by atoms with Crippen LogP contribution in [0.4, 0.5) is 0 Å². The molecule has 1 amide bonds. The molecule has 1 heterocycles. The zero-order valence-corrected chi connectivity index (χ0v) is 10.6. The SMILES string of the molecule is CC(=O)c1c[nH]c(C(=O)N(C)C(C)(C)CO)c1. The second kappa shape index (κ2) is 4.71. The molecule has 2 N–H and O–H groups in total. The third-order valence-corrected chi connectivity index (χ3v) is 2.92. The van der Waals surface area contributed by atoms with Crippen LogP contribution in [0.2, 0.25) is 0 Å². The van der Waals surface area contributed by atoms with Gasteiger partial charge in [0, 0.05) is 18.8 Å². The summed E-state index contributed by atoms with van der Waals surface area (Å²) in [5, 5.41) is 9.20. The lowest BCUT2D eigenvalue weighted by atomic mass is 10.0. The Kier molecular flexibility index (Phi) is 3.72. The van der Waals surface area contributed by atoms with E-state index in [0.717, 1.165) is 0 Å². The molecule has 1 aromatic heterocycles. The first-order valence-electron chi connectivity index (χ1n) is 5.38. The number of ketones is 1. The Morgan fingerprint density at radius 1 is 1.47 bits per heavy atom. The van der Waals surface area contributed by atoms with Crippen molar-refractivity contribution in [2.24, 2.45) is 0 Å². The molecular weight excluding hydrogens is 220 g/mol. The average molecular weight is 238 g/mol. The number of nitrogens with zero attached hydrogens (tertiary/aromatic N) is 1. The van der Waals surface area contributed by atoms with Gasteiger partial charge in [0.05, 0.1) is 12.1 Å². The zero-order valence-electron chi connectivity index (χ0n) is 10.6. The van der Waals surface area contributed by atoms with Crippen molar-refractivity contribution in [2.75, 3.05) is 13.7 Å². The van der Waals surface area contributed by atoms with Gasteiger partial charge in [-0.2, -0.15) is 0 Å². The number of aliphatic hydroxyl groups excluding tert-OH is 1. The van der Waals surface area contributed by atoms with Crippen LogP contribution in [-0.2, 0) is 0 Å². The van der Waals surface area contributed by atoms with Crippen molar-refractivity contribution in [2.45, 2.75) is 26.3 Å². The Hall–Kier alpha value is -1.62. The summed E-state index contributed by atoms with van der Waals surface area (Å²) in [6.07, 6.45) is 1.51. The van der Waals surface area contributed by atoms with Crippen LogP contribution < -0.4 is 0 Å². The summed E-state index contributed by atoms with van der Waals surface area (Å²) < 4.78 is 0. The van der Waals surface area contributed by atoms with Crippen molar-refractivity contribution in [3.63, 3.8) is 0 Å². The number of hydrogen-bond donors (Lipinski definition) is 2. The molecule has 0 fully saturated rings. The molecule has 94 valence electrons. The lowest BCUT2D eigenvalue weighted by Gasteiger charge is -2.33. The number of nitrogens with one attached hydrogen (secondary N) is 1. The van der Waals surface area contributed by atoms with E-state index in [4.69, 9.17) is 0 Å². The molecule has 5 heteroatoms. The molecule has 0 saturated carbocycles. The number of amides is 1. The minimum absolute atomic E-state index is 0.0932. The first-order valence-corrected chi connectivity index (χ1v) is 5.38. The molecule has 1 aromatic rings. The second-order valence-corrected chi connectivity index (χ2v) is 4.69. The number of rotatable bonds is 4. The Bertz CT molecular complexity index is 435. The van der Waals surface area contributed by atoms with Gasteiger partial charge in [-0.1, -0.05) is 0 Å². The highest BCUT2D eigenvalue weighted by Crippen LogP contribution is 2.15. The zero-order chi connectivity index (χ0) is 13.2. The average Bonchev–Trinajstić information content (AvgIpc) is 2.76. The van der Waals surface area contributed by atoms with E-state index in [-0.39, 0.29) is 18.3 Å². The van der Waals surface area contributed by atoms with Crippen molar-refractivity contribution in [1.82, 2.24) is 9.88 Å². The first kappa shape index (κ1) is 13.4. The van der Waals surface area contributed by atoms with Crippen LogP contribution in [0.5, 0.6) is 0 Å². The molecule has 0 saturated heterocycles. The van der Waals surface area contributed by atoms with Crippen molar-refractivity contribution in [1.29, 1.82) is 0 Å². The standard InChI is InChI=1S/C12H18N2O3/c1-8(16)9-5-10(13-6-9)11(17)14(4)12(2,3)7-15/h5-6,13,15H,7H2,1-4H3. The topological polar surface area (TPSA) is 73.4 Å². The molecule has 0 radical (unpaired) electrons. The van der Waals surface area contributed by atoms with Gasteiger partial charge >= 0.3 is 0 Å². The fourth-order valence-electron chi connectivity index (χ4n) is 1.28. The first-order chi connectivity index (χ1) is 7.79.